The fourth-order valence-electron chi connectivity index (χ4n) is 3.24. The van der Waals surface area contributed by atoms with Crippen LogP contribution in [0.4, 0.5) is 14.5 Å². The number of nitrogens with one attached hydrogen (secondary N) is 1. The predicted molar refractivity (Wildman–Crippen MR) is 67.8 cm³/mol. The van der Waals surface area contributed by atoms with Gasteiger partial charge in [0, 0.05) is 36.9 Å². The molecule has 1 heterocycles. The van der Waals surface area contributed by atoms with Gasteiger partial charge in [-0.1, -0.05) is 12.8 Å². The Balaban J connectivity index is 1.87. The van der Waals surface area contributed by atoms with Gasteiger partial charge in [0.05, 0.1) is 0 Å². The highest BCUT2D eigenvalue weighted by Gasteiger charge is 2.33. The summed E-state index contributed by atoms with van der Waals surface area (Å²) >= 11 is 0. The van der Waals surface area contributed by atoms with Crippen LogP contribution in [0.5, 0.6) is 0 Å². The van der Waals surface area contributed by atoms with Gasteiger partial charge in [-0.25, -0.2) is 8.78 Å². The van der Waals surface area contributed by atoms with E-state index in [0.717, 1.165) is 25.2 Å². The van der Waals surface area contributed by atoms with Crippen molar-refractivity contribution >= 4 is 5.69 Å². The molecule has 0 unspecified atom stereocenters. The van der Waals surface area contributed by atoms with Gasteiger partial charge in [-0.3, -0.25) is 0 Å². The molecule has 2 nitrogen and oxygen atoms in total. The van der Waals surface area contributed by atoms with Crippen molar-refractivity contribution in [3.8, 4) is 0 Å². The number of rotatable bonds is 1. The number of piperazine rings is 1. The molecule has 18 heavy (non-hydrogen) atoms. The maximum absolute atomic E-state index is 13.3. The second kappa shape index (κ2) is 4.84. The van der Waals surface area contributed by atoms with Gasteiger partial charge in [0.25, 0.3) is 0 Å². The number of hydrogen-bond donors (Lipinski definition) is 1. The third kappa shape index (κ3) is 2.09. The summed E-state index contributed by atoms with van der Waals surface area (Å²) in [5, 5.41) is 3.54. The van der Waals surface area contributed by atoms with Crippen LogP contribution in [-0.4, -0.2) is 25.2 Å². The van der Waals surface area contributed by atoms with Crippen LogP contribution >= 0.6 is 0 Å². The molecule has 1 aliphatic carbocycles. The standard InChI is InChI=1S/C14H18F2N2/c15-11-6-5-10(9-12(11)16)18-8-7-17-13-3-1-2-4-14(13)18/h5-6,9,13-14,17H,1-4,7-8H2/t13-,14-/m0/s1. The Morgan fingerprint density at radius 3 is 2.78 bits per heavy atom. The fraction of sp³-hybridized carbons (Fsp3) is 0.571. The third-order valence-corrected chi connectivity index (χ3v) is 4.12. The second-order valence-electron chi connectivity index (χ2n) is 5.20. The van der Waals surface area contributed by atoms with Crippen molar-refractivity contribution in [3.05, 3.63) is 29.8 Å². The minimum absolute atomic E-state index is 0.428. The van der Waals surface area contributed by atoms with Crippen molar-refractivity contribution in [2.75, 3.05) is 18.0 Å². The molecule has 2 atom stereocenters. The minimum Gasteiger partial charge on any atom is -0.366 e. The van der Waals surface area contributed by atoms with Crippen molar-refractivity contribution in [2.24, 2.45) is 0 Å². The van der Waals surface area contributed by atoms with Gasteiger partial charge in [0.1, 0.15) is 0 Å². The Bertz CT molecular complexity index is 434. The molecular weight excluding hydrogens is 234 g/mol. The van der Waals surface area contributed by atoms with E-state index in [9.17, 15) is 8.78 Å². The molecule has 98 valence electrons. The van der Waals surface area contributed by atoms with Crippen LogP contribution in [0.3, 0.4) is 0 Å². The third-order valence-electron chi connectivity index (χ3n) is 4.12. The first-order valence-electron chi connectivity index (χ1n) is 6.71. The SMILES string of the molecule is Fc1ccc(N2CCN[C@H]3CCCC[C@@H]32)cc1F. The first-order valence-corrected chi connectivity index (χ1v) is 6.71. The summed E-state index contributed by atoms with van der Waals surface area (Å²) in [7, 11) is 0. The van der Waals surface area contributed by atoms with Gasteiger partial charge in [0.15, 0.2) is 11.6 Å². The van der Waals surface area contributed by atoms with Crippen molar-refractivity contribution in [1.29, 1.82) is 0 Å². The molecule has 1 saturated carbocycles. The monoisotopic (exact) mass is 252 g/mol. The Morgan fingerprint density at radius 2 is 1.94 bits per heavy atom. The summed E-state index contributed by atoms with van der Waals surface area (Å²) < 4.78 is 26.3. The van der Waals surface area contributed by atoms with E-state index in [2.05, 4.69) is 10.2 Å². The number of hydrogen-bond acceptors (Lipinski definition) is 2. The average molecular weight is 252 g/mol. The van der Waals surface area contributed by atoms with Crippen LogP contribution in [-0.2, 0) is 0 Å². The molecule has 1 aromatic rings. The lowest BCUT2D eigenvalue weighted by Crippen LogP contribution is -2.59. The van der Waals surface area contributed by atoms with Crippen LogP contribution in [0, 0.1) is 11.6 Å². The van der Waals surface area contributed by atoms with E-state index < -0.39 is 11.6 Å². The van der Waals surface area contributed by atoms with Crippen LogP contribution in [0.2, 0.25) is 0 Å². The lowest BCUT2D eigenvalue weighted by molar-refractivity contribution is 0.284. The molecule has 0 aromatic heterocycles. The zero-order valence-electron chi connectivity index (χ0n) is 10.3. The molecule has 0 amide bonds. The Labute approximate surface area is 106 Å². The normalized spacial score (nSPS) is 28.0. The molecule has 3 rings (SSSR count). The number of nitrogens with zero attached hydrogens (tertiary/aromatic N) is 1. The number of fused-ring (bicyclic) bond motifs is 1. The summed E-state index contributed by atoms with van der Waals surface area (Å²) in [6.07, 6.45) is 4.81. The highest BCUT2D eigenvalue weighted by atomic mass is 19.2. The molecule has 1 aromatic carbocycles. The highest BCUT2D eigenvalue weighted by Crippen LogP contribution is 2.30. The summed E-state index contributed by atoms with van der Waals surface area (Å²) in [6.45, 7) is 1.78. The van der Waals surface area contributed by atoms with E-state index >= 15 is 0 Å². The Kier molecular flexibility index (Phi) is 3.20. The van der Waals surface area contributed by atoms with Gasteiger partial charge in [-0.05, 0) is 25.0 Å². The van der Waals surface area contributed by atoms with Crippen LogP contribution in [0.15, 0.2) is 18.2 Å². The van der Waals surface area contributed by atoms with E-state index in [1.165, 1.54) is 31.4 Å². The predicted octanol–water partition coefficient (Wildman–Crippen LogP) is 2.69. The van der Waals surface area contributed by atoms with Crippen LogP contribution in [0.1, 0.15) is 25.7 Å². The molecule has 0 bridgehead atoms. The smallest absolute Gasteiger partial charge is 0.160 e. The second-order valence-corrected chi connectivity index (χ2v) is 5.20. The molecular formula is C14H18F2N2. The molecule has 1 aliphatic heterocycles. The topological polar surface area (TPSA) is 15.3 Å². The lowest BCUT2D eigenvalue weighted by atomic mass is 9.87. The number of halogens is 2. The molecule has 2 fully saturated rings. The Morgan fingerprint density at radius 1 is 1.11 bits per heavy atom. The largest absolute Gasteiger partial charge is 0.366 e. The number of benzene rings is 1. The summed E-state index contributed by atoms with van der Waals surface area (Å²) in [5.74, 6) is -1.52. The van der Waals surface area contributed by atoms with E-state index in [1.54, 1.807) is 6.07 Å². The van der Waals surface area contributed by atoms with Crippen molar-refractivity contribution < 1.29 is 8.78 Å². The van der Waals surface area contributed by atoms with Crippen molar-refractivity contribution in [2.45, 2.75) is 37.8 Å². The Hall–Kier alpha value is -1.16. The molecule has 0 radical (unpaired) electrons. The zero-order valence-corrected chi connectivity index (χ0v) is 10.3. The van der Waals surface area contributed by atoms with Gasteiger partial charge < -0.3 is 10.2 Å². The fourth-order valence-corrected chi connectivity index (χ4v) is 3.24. The minimum atomic E-state index is -0.769. The lowest BCUT2D eigenvalue weighted by Gasteiger charge is -2.46. The maximum Gasteiger partial charge on any atom is 0.160 e. The van der Waals surface area contributed by atoms with E-state index in [-0.39, 0.29) is 0 Å². The quantitative estimate of drug-likeness (QED) is 0.826. The first kappa shape index (κ1) is 11.9. The summed E-state index contributed by atoms with van der Waals surface area (Å²) in [4.78, 5) is 2.24. The van der Waals surface area contributed by atoms with Crippen LogP contribution < -0.4 is 10.2 Å². The van der Waals surface area contributed by atoms with E-state index in [0.29, 0.717) is 12.1 Å². The molecule has 1 N–H and O–H groups in total. The van der Waals surface area contributed by atoms with Crippen molar-refractivity contribution in [1.82, 2.24) is 5.32 Å². The van der Waals surface area contributed by atoms with E-state index in [4.69, 9.17) is 0 Å². The van der Waals surface area contributed by atoms with Crippen LogP contribution in [0.25, 0.3) is 0 Å². The maximum atomic E-state index is 13.3. The van der Waals surface area contributed by atoms with Crippen molar-refractivity contribution in [3.63, 3.8) is 0 Å². The van der Waals surface area contributed by atoms with Gasteiger partial charge >= 0.3 is 0 Å². The highest BCUT2D eigenvalue weighted by molar-refractivity contribution is 5.49. The van der Waals surface area contributed by atoms with Gasteiger partial charge in [0.2, 0.25) is 0 Å². The molecule has 2 aliphatic rings. The van der Waals surface area contributed by atoms with Gasteiger partial charge in [-0.15, -0.1) is 0 Å². The first-order chi connectivity index (χ1) is 8.75. The zero-order chi connectivity index (χ0) is 12.5. The molecule has 4 heteroatoms. The van der Waals surface area contributed by atoms with Gasteiger partial charge in [-0.2, -0.15) is 0 Å². The molecule has 0 spiro atoms. The van der Waals surface area contributed by atoms with E-state index in [1.807, 2.05) is 0 Å². The molecule has 1 saturated heterocycles. The summed E-state index contributed by atoms with van der Waals surface area (Å²) in [6, 6.07) is 5.17. The average Bonchev–Trinajstić information content (AvgIpc) is 2.41. The summed E-state index contributed by atoms with van der Waals surface area (Å²) in [5.41, 5.74) is 0.812. The number of anilines is 1.